The monoisotopic (exact) mass is 876 g/mol. The fourth-order valence-electron chi connectivity index (χ4n) is 8.92. The molecule has 0 amide bonds. The van der Waals surface area contributed by atoms with E-state index >= 15 is 4.39 Å². The molecule has 0 radical (unpaired) electrons. The summed E-state index contributed by atoms with van der Waals surface area (Å²) in [6, 6.07) is 38.0. The number of hydrogen-bond donors (Lipinski definition) is 0. The van der Waals surface area contributed by atoms with Gasteiger partial charge in [-0.25, -0.2) is 18.8 Å². The molecular weight excluding hydrogens is 832 g/mol. The predicted octanol–water partition coefficient (Wildman–Crippen LogP) is 10.1. The zero-order chi connectivity index (χ0) is 44.4. The van der Waals surface area contributed by atoms with Crippen molar-refractivity contribution in [1.82, 2.24) is 0 Å². The van der Waals surface area contributed by atoms with Crippen LogP contribution in [0.4, 0.5) is 4.39 Å². The lowest BCUT2D eigenvalue weighted by atomic mass is 9.89. The van der Waals surface area contributed by atoms with Gasteiger partial charge in [0.1, 0.15) is 23.1 Å². The smallest absolute Gasteiger partial charge is 0.343 e. The summed E-state index contributed by atoms with van der Waals surface area (Å²) < 4.78 is 56.2. The van der Waals surface area contributed by atoms with Gasteiger partial charge in [-0.2, -0.15) is 0 Å². The van der Waals surface area contributed by atoms with E-state index in [1.807, 2.05) is 24.3 Å². The van der Waals surface area contributed by atoms with Crippen LogP contribution in [0.25, 0.3) is 10.8 Å². The van der Waals surface area contributed by atoms with Crippen LogP contribution in [-0.2, 0) is 23.7 Å². The van der Waals surface area contributed by atoms with E-state index < -0.39 is 47.5 Å². The molecule has 12 heteroatoms. The molecule has 0 aromatic heterocycles. The maximum atomic E-state index is 15.6. The van der Waals surface area contributed by atoms with E-state index in [9.17, 15) is 19.2 Å². The van der Waals surface area contributed by atoms with Crippen molar-refractivity contribution in [2.45, 2.75) is 75.1 Å². The number of fused-ring (bicyclic) bond motifs is 3. The van der Waals surface area contributed by atoms with E-state index in [4.69, 9.17) is 33.2 Å². The summed E-state index contributed by atoms with van der Waals surface area (Å²) in [5.74, 6) is -2.69. The second kappa shape index (κ2) is 18.3. The quantitative estimate of drug-likeness (QED) is 0.0587. The molecule has 6 aromatic carbocycles. The molecular formula is C53H45FO11. The summed E-state index contributed by atoms with van der Waals surface area (Å²) in [5, 5.41) is 1.78. The Kier molecular flexibility index (Phi) is 11.9. The van der Waals surface area contributed by atoms with Gasteiger partial charge in [0, 0.05) is 6.07 Å². The molecule has 2 heterocycles. The molecule has 8 atom stereocenters. The summed E-state index contributed by atoms with van der Waals surface area (Å²) >= 11 is 0. The highest BCUT2D eigenvalue weighted by molar-refractivity contribution is 5.97. The molecule has 2 saturated carbocycles. The Balaban J connectivity index is 0.803. The highest BCUT2D eigenvalue weighted by Gasteiger charge is 2.46. The van der Waals surface area contributed by atoms with Gasteiger partial charge >= 0.3 is 23.9 Å². The summed E-state index contributed by atoms with van der Waals surface area (Å²) in [5.41, 5.74) is 1.07. The number of epoxide rings is 2. The lowest BCUT2D eigenvalue weighted by Gasteiger charge is -2.28. The van der Waals surface area contributed by atoms with Crippen molar-refractivity contribution >= 4 is 34.6 Å². The van der Waals surface area contributed by atoms with Crippen molar-refractivity contribution in [3.63, 3.8) is 0 Å². The minimum absolute atomic E-state index is 0.0369. The summed E-state index contributed by atoms with van der Waals surface area (Å²) in [6.45, 7) is 0.648. The zero-order valence-corrected chi connectivity index (χ0v) is 35.2. The van der Waals surface area contributed by atoms with Crippen molar-refractivity contribution in [3.8, 4) is 17.2 Å². The third-order valence-electron chi connectivity index (χ3n) is 12.7. The molecule has 10 rings (SSSR count). The van der Waals surface area contributed by atoms with E-state index in [0.29, 0.717) is 54.3 Å². The maximum Gasteiger partial charge on any atom is 0.343 e. The van der Waals surface area contributed by atoms with E-state index in [-0.39, 0.29) is 35.2 Å². The number of rotatable bonds is 14. The Labute approximate surface area is 374 Å². The van der Waals surface area contributed by atoms with Crippen molar-refractivity contribution in [2.75, 3.05) is 6.61 Å². The fourth-order valence-corrected chi connectivity index (χ4v) is 8.92. The van der Waals surface area contributed by atoms with Gasteiger partial charge in [0.2, 0.25) is 0 Å². The van der Waals surface area contributed by atoms with Crippen LogP contribution >= 0.6 is 0 Å². The Morgan fingerprint density at radius 3 is 1.82 bits per heavy atom. The van der Waals surface area contributed by atoms with Crippen LogP contribution in [0.1, 0.15) is 92.9 Å². The Morgan fingerprint density at radius 2 is 1.14 bits per heavy atom. The molecule has 65 heavy (non-hydrogen) atoms. The molecule has 0 bridgehead atoms. The number of esters is 4. The van der Waals surface area contributed by atoms with Crippen LogP contribution in [0, 0.1) is 17.7 Å². The van der Waals surface area contributed by atoms with Gasteiger partial charge in [-0.1, -0.05) is 72.8 Å². The molecule has 2 aliphatic heterocycles. The maximum absolute atomic E-state index is 15.6. The van der Waals surface area contributed by atoms with Crippen molar-refractivity contribution in [1.29, 1.82) is 0 Å². The number of ether oxygens (including phenoxy) is 7. The first-order valence-corrected chi connectivity index (χ1v) is 22.0. The molecule has 6 aromatic rings. The summed E-state index contributed by atoms with van der Waals surface area (Å²) in [4.78, 5) is 53.7. The van der Waals surface area contributed by atoms with Gasteiger partial charge in [0.25, 0.3) is 0 Å². The van der Waals surface area contributed by atoms with Crippen LogP contribution < -0.4 is 14.2 Å². The SMILES string of the molecule is O=C(Oc1ccc(C(=O)OC(c2ccccc2)C(OC(=O)c2ccc(OC(=O)C3CCC4OC4C3)cc2F)c2ccccc2)cc1)c1ccc2cc(OCC3CCC4OC4C3)ccc2c1. The van der Waals surface area contributed by atoms with E-state index in [1.165, 1.54) is 36.4 Å². The van der Waals surface area contributed by atoms with Gasteiger partial charge < -0.3 is 33.2 Å². The van der Waals surface area contributed by atoms with Crippen molar-refractivity contribution < 1.29 is 56.7 Å². The highest BCUT2D eigenvalue weighted by atomic mass is 19.1. The number of benzene rings is 6. The Morgan fingerprint density at radius 1 is 0.538 bits per heavy atom. The number of halogens is 1. The molecule has 11 nitrogen and oxygen atoms in total. The minimum atomic E-state index is -1.23. The summed E-state index contributed by atoms with van der Waals surface area (Å²) in [7, 11) is 0. The second-order valence-electron chi connectivity index (χ2n) is 17.1. The van der Waals surface area contributed by atoms with E-state index in [1.54, 1.807) is 72.8 Å². The van der Waals surface area contributed by atoms with Crippen molar-refractivity contribution in [3.05, 3.63) is 173 Å². The molecule has 0 N–H and O–H groups in total. The molecule has 8 unspecified atom stereocenters. The molecule has 0 spiro atoms. The van der Waals surface area contributed by atoms with Crippen LogP contribution in [0.3, 0.4) is 0 Å². The van der Waals surface area contributed by atoms with Gasteiger partial charge in [-0.05, 0) is 127 Å². The van der Waals surface area contributed by atoms with Crippen LogP contribution in [0.15, 0.2) is 140 Å². The zero-order valence-electron chi connectivity index (χ0n) is 35.2. The van der Waals surface area contributed by atoms with Crippen LogP contribution in [-0.4, -0.2) is 54.9 Å². The average molecular weight is 877 g/mol. The predicted molar refractivity (Wildman–Crippen MR) is 234 cm³/mol. The fraction of sp³-hybridized carbons (Fsp3) is 0.283. The van der Waals surface area contributed by atoms with Crippen LogP contribution in [0.2, 0.25) is 0 Å². The standard InChI is InChI=1S/C53H45FO11/c54-43-29-41(61-52(57)38-17-24-45-47(28-38)63-45)21-22-42(43)53(58)65-49(33-9-5-2-6-10-33)48(32-7-3-1-4-8-32)64-50(55)34-14-18-39(19-15-34)60-51(56)37-13-12-36-27-40(20-16-35(36)26-37)59-30-31-11-23-44-46(25-31)62-44/h1-10,12-16,18-22,26-27,29,31,38,44-49H,11,17,23-25,28,30H2. The van der Waals surface area contributed by atoms with Gasteiger partial charge in [0.15, 0.2) is 12.2 Å². The minimum Gasteiger partial charge on any atom is -0.493 e. The van der Waals surface area contributed by atoms with E-state index in [0.717, 1.165) is 48.3 Å². The number of carbonyl (C=O) groups excluding carboxylic acids is 4. The van der Waals surface area contributed by atoms with Gasteiger partial charge in [0.05, 0.1) is 53.6 Å². The molecule has 4 fully saturated rings. The number of carbonyl (C=O) groups is 4. The van der Waals surface area contributed by atoms with Gasteiger partial charge in [-0.3, -0.25) is 4.79 Å². The number of hydrogen-bond acceptors (Lipinski definition) is 11. The topological polar surface area (TPSA) is 139 Å². The lowest BCUT2D eigenvalue weighted by molar-refractivity contribution is -0.139. The van der Waals surface area contributed by atoms with E-state index in [2.05, 4.69) is 0 Å². The first kappa shape index (κ1) is 42.1. The van der Waals surface area contributed by atoms with Crippen LogP contribution in [0.5, 0.6) is 17.2 Å². The first-order chi connectivity index (χ1) is 31.7. The second-order valence-corrected chi connectivity index (χ2v) is 17.1. The average Bonchev–Trinajstić information content (AvgIpc) is 4.28. The first-order valence-electron chi connectivity index (χ1n) is 22.0. The molecule has 2 aliphatic carbocycles. The normalized spacial score (nSPS) is 22.5. The highest BCUT2D eigenvalue weighted by Crippen LogP contribution is 2.42. The largest absolute Gasteiger partial charge is 0.493 e. The molecule has 330 valence electrons. The van der Waals surface area contributed by atoms with Crippen molar-refractivity contribution in [2.24, 2.45) is 11.8 Å². The third kappa shape index (κ3) is 9.79. The van der Waals surface area contributed by atoms with Gasteiger partial charge in [-0.15, -0.1) is 0 Å². The summed E-state index contributed by atoms with van der Waals surface area (Å²) in [6.07, 6.45) is 3.96. The Bertz CT molecular complexity index is 2720. The Hall–Kier alpha value is -6.89. The molecule has 2 saturated heterocycles. The molecule has 4 aliphatic rings. The lowest BCUT2D eigenvalue weighted by Crippen LogP contribution is -2.26. The third-order valence-corrected chi connectivity index (χ3v) is 12.7.